The van der Waals surface area contributed by atoms with Gasteiger partial charge in [-0.05, 0) is 44.1 Å². The molecule has 26 heavy (non-hydrogen) atoms. The highest BCUT2D eigenvalue weighted by molar-refractivity contribution is 5.85. The number of nitrogens with one attached hydrogen (secondary N) is 1. The van der Waals surface area contributed by atoms with Crippen molar-refractivity contribution in [3.63, 3.8) is 0 Å². The maximum atomic E-state index is 12.0. The number of nitrogens with two attached hydrogens (primary N) is 1. The van der Waals surface area contributed by atoms with Gasteiger partial charge in [-0.15, -0.1) is 24.8 Å². The number of carbonyl (C=O) groups excluding carboxylic acids is 1. The van der Waals surface area contributed by atoms with Gasteiger partial charge in [0.25, 0.3) is 0 Å². The molecule has 0 saturated carbocycles. The predicted octanol–water partition coefficient (Wildman–Crippen LogP) is 2.47. The Morgan fingerprint density at radius 1 is 1.23 bits per heavy atom. The fourth-order valence-electron chi connectivity index (χ4n) is 2.21. The van der Waals surface area contributed by atoms with Gasteiger partial charge in [-0.3, -0.25) is 4.79 Å². The zero-order valence-electron chi connectivity index (χ0n) is 16.3. The number of nitrogens with zero attached hydrogens (tertiary/aromatic N) is 1. The molecule has 8 heteroatoms. The minimum Gasteiger partial charge on any atom is -0.493 e. The normalized spacial score (nSPS) is 11.4. The smallest absolute Gasteiger partial charge is 0.237 e. The number of carbonyl (C=O) groups is 1. The fourth-order valence-corrected chi connectivity index (χ4v) is 2.21. The van der Waals surface area contributed by atoms with Crippen LogP contribution in [-0.2, 0) is 11.3 Å². The highest BCUT2D eigenvalue weighted by Crippen LogP contribution is 2.28. The molecule has 0 unspecified atom stereocenters. The third kappa shape index (κ3) is 10.1. The van der Waals surface area contributed by atoms with Crippen molar-refractivity contribution in [1.29, 1.82) is 0 Å². The van der Waals surface area contributed by atoms with Crippen LogP contribution in [0.2, 0.25) is 0 Å². The summed E-state index contributed by atoms with van der Waals surface area (Å²) in [4.78, 5) is 14.0. The Balaban J connectivity index is 0. The lowest BCUT2D eigenvalue weighted by atomic mass is 10.0. The van der Waals surface area contributed by atoms with Crippen LogP contribution >= 0.6 is 24.8 Å². The number of amides is 1. The molecule has 6 nitrogen and oxygen atoms in total. The standard InChI is InChI=1S/C18H31N3O3.2ClH/c1-13(2)10-15(19)18(22)20-12-14-6-7-16(17(11-14)23-5)24-9-8-21(3)4;;/h6-7,11,13,15H,8-10,12,19H2,1-5H3,(H,20,22);2*1H/t15-;;/m0../s1. The van der Waals surface area contributed by atoms with Crippen LogP contribution in [0.1, 0.15) is 25.8 Å². The van der Waals surface area contributed by atoms with Crippen molar-refractivity contribution < 1.29 is 14.3 Å². The van der Waals surface area contributed by atoms with E-state index in [1.54, 1.807) is 7.11 Å². The largest absolute Gasteiger partial charge is 0.493 e. The van der Waals surface area contributed by atoms with Crippen molar-refractivity contribution in [3.8, 4) is 11.5 Å². The van der Waals surface area contributed by atoms with Crippen LogP contribution in [0.15, 0.2) is 18.2 Å². The van der Waals surface area contributed by atoms with Crippen molar-refractivity contribution in [2.45, 2.75) is 32.9 Å². The molecular formula is C18H33Cl2N3O3. The molecule has 0 bridgehead atoms. The molecule has 1 atom stereocenters. The Bertz CT molecular complexity index is 528. The summed E-state index contributed by atoms with van der Waals surface area (Å²) in [6.45, 7) is 5.93. The number of benzene rings is 1. The second kappa shape index (κ2) is 13.9. The summed E-state index contributed by atoms with van der Waals surface area (Å²) in [6.07, 6.45) is 0.674. The summed E-state index contributed by atoms with van der Waals surface area (Å²) in [5.41, 5.74) is 6.82. The number of hydrogen-bond acceptors (Lipinski definition) is 5. The van der Waals surface area contributed by atoms with E-state index in [0.29, 0.717) is 37.0 Å². The molecule has 0 spiro atoms. The maximum Gasteiger partial charge on any atom is 0.237 e. The number of halogens is 2. The number of rotatable bonds is 10. The van der Waals surface area contributed by atoms with Crippen molar-refractivity contribution in [2.75, 3.05) is 34.4 Å². The first-order valence-corrected chi connectivity index (χ1v) is 8.31. The Morgan fingerprint density at radius 2 is 1.88 bits per heavy atom. The second-order valence-corrected chi connectivity index (χ2v) is 6.59. The Kier molecular flexibility index (Phi) is 14.5. The molecule has 0 aliphatic heterocycles. The topological polar surface area (TPSA) is 76.8 Å². The highest BCUT2D eigenvalue weighted by Gasteiger charge is 2.15. The summed E-state index contributed by atoms with van der Waals surface area (Å²) in [6, 6.07) is 5.19. The van der Waals surface area contributed by atoms with Crippen LogP contribution in [0.5, 0.6) is 11.5 Å². The predicted molar refractivity (Wildman–Crippen MR) is 111 cm³/mol. The second-order valence-electron chi connectivity index (χ2n) is 6.59. The van der Waals surface area contributed by atoms with E-state index < -0.39 is 6.04 Å². The van der Waals surface area contributed by atoms with E-state index >= 15 is 0 Å². The van der Waals surface area contributed by atoms with Crippen LogP contribution in [0, 0.1) is 5.92 Å². The van der Waals surface area contributed by atoms with Gasteiger partial charge in [0, 0.05) is 13.1 Å². The number of hydrogen-bond donors (Lipinski definition) is 2. The third-order valence-corrected chi connectivity index (χ3v) is 3.55. The molecule has 0 saturated heterocycles. The van der Waals surface area contributed by atoms with E-state index in [2.05, 4.69) is 10.2 Å². The van der Waals surface area contributed by atoms with Gasteiger partial charge < -0.3 is 25.4 Å². The van der Waals surface area contributed by atoms with E-state index in [0.717, 1.165) is 12.1 Å². The zero-order chi connectivity index (χ0) is 18.1. The monoisotopic (exact) mass is 409 g/mol. The summed E-state index contributed by atoms with van der Waals surface area (Å²) in [5.74, 6) is 1.62. The number of ether oxygens (including phenoxy) is 2. The Labute approximate surface area is 169 Å². The van der Waals surface area contributed by atoms with Crippen LogP contribution in [0.3, 0.4) is 0 Å². The molecule has 0 heterocycles. The lowest BCUT2D eigenvalue weighted by Gasteiger charge is -2.16. The lowest BCUT2D eigenvalue weighted by Crippen LogP contribution is -2.41. The van der Waals surface area contributed by atoms with Gasteiger partial charge >= 0.3 is 0 Å². The average Bonchev–Trinajstić information content (AvgIpc) is 2.52. The maximum absolute atomic E-state index is 12.0. The van der Waals surface area contributed by atoms with E-state index in [1.807, 2.05) is 46.1 Å². The molecular weight excluding hydrogens is 377 g/mol. The molecule has 3 N–H and O–H groups in total. The summed E-state index contributed by atoms with van der Waals surface area (Å²) in [5, 5.41) is 2.87. The van der Waals surface area contributed by atoms with Crippen molar-refractivity contribution in [2.24, 2.45) is 11.7 Å². The number of likely N-dealkylation sites (N-methyl/N-ethyl adjacent to an activating group) is 1. The zero-order valence-corrected chi connectivity index (χ0v) is 17.9. The quantitative estimate of drug-likeness (QED) is 0.620. The molecule has 1 amide bonds. The van der Waals surface area contributed by atoms with Crippen LogP contribution in [0.4, 0.5) is 0 Å². The molecule has 0 aliphatic rings. The van der Waals surface area contributed by atoms with E-state index in [-0.39, 0.29) is 30.7 Å². The average molecular weight is 410 g/mol. The third-order valence-electron chi connectivity index (χ3n) is 3.55. The van der Waals surface area contributed by atoms with Crippen molar-refractivity contribution >= 4 is 30.7 Å². The molecule has 1 aromatic rings. The minimum atomic E-state index is -0.472. The number of methoxy groups -OCH3 is 1. The lowest BCUT2D eigenvalue weighted by molar-refractivity contribution is -0.122. The molecule has 1 rings (SSSR count). The van der Waals surface area contributed by atoms with E-state index in [4.69, 9.17) is 15.2 Å². The molecule has 0 aromatic heterocycles. The molecule has 152 valence electrons. The molecule has 0 fully saturated rings. The first kappa shape index (κ1) is 27.0. The van der Waals surface area contributed by atoms with E-state index in [1.165, 1.54) is 0 Å². The fraction of sp³-hybridized carbons (Fsp3) is 0.611. The molecule has 0 aliphatic carbocycles. The van der Waals surface area contributed by atoms with Gasteiger partial charge in [-0.2, -0.15) is 0 Å². The minimum absolute atomic E-state index is 0. The Morgan fingerprint density at radius 3 is 2.42 bits per heavy atom. The van der Waals surface area contributed by atoms with Gasteiger partial charge in [0.15, 0.2) is 11.5 Å². The highest BCUT2D eigenvalue weighted by atomic mass is 35.5. The van der Waals surface area contributed by atoms with Gasteiger partial charge in [-0.1, -0.05) is 19.9 Å². The van der Waals surface area contributed by atoms with Gasteiger partial charge in [0.2, 0.25) is 5.91 Å². The van der Waals surface area contributed by atoms with Crippen molar-refractivity contribution in [3.05, 3.63) is 23.8 Å². The molecule has 0 radical (unpaired) electrons. The van der Waals surface area contributed by atoms with Gasteiger partial charge in [-0.25, -0.2) is 0 Å². The van der Waals surface area contributed by atoms with Gasteiger partial charge in [0.1, 0.15) is 6.61 Å². The first-order valence-electron chi connectivity index (χ1n) is 8.31. The summed E-state index contributed by atoms with van der Waals surface area (Å²) >= 11 is 0. The van der Waals surface area contributed by atoms with Gasteiger partial charge in [0.05, 0.1) is 13.2 Å². The summed E-state index contributed by atoms with van der Waals surface area (Å²) < 4.78 is 11.1. The van der Waals surface area contributed by atoms with E-state index in [9.17, 15) is 4.79 Å². The van der Waals surface area contributed by atoms with Crippen LogP contribution in [-0.4, -0.2) is 51.2 Å². The van der Waals surface area contributed by atoms with Crippen LogP contribution < -0.4 is 20.5 Å². The van der Waals surface area contributed by atoms with Crippen LogP contribution in [0.25, 0.3) is 0 Å². The first-order chi connectivity index (χ1) is 11.3. The SMILES string of the molecule is COc1cc(CNC(=O)[C@@H](N)CC(C)C)ccc1OCCN(C)C.Cl.Cl. The summed E-state index contributed by atoms with van der Waals surface area (Å²) in [7, 11) is 5.60. The van der Waals surface area contributed by atoms with Crippen molar-refractivity contribution in [1.82, 2.24) is 10.2 Å². The Hall–Kier alpha value is -1.21. The molecule has 1 aromatic carbocycles.